The van der Waals surface area contributed by atoms with E-state index in [9.17, 15) is 14.7 Å². The van der Waals surface area contributed by atoms with E-state index in [1.807, 2.05) is 15.5 Å². The van der Waals surface area contributed by atoms with Crippen LogP contribution >= 0.6 is 0 Å². The maximum absolute atomic E-state index is 12.7. The summed E-state index contributed by atoms with van der Waals surface area (Å²) in [6, 6.07) is 10.4. The summed E-state index contributed by atoms with van der Waals surface area (Å²) >= 11 is 0. The smallest absolute Gasteiger partial charge is 0.250 e. The molecule has 1 fully saturated rings. The average Bonchev–Trinajstić information content (AvgIpc) is 2.67. The summed E-state index contributed by atoms with van der Waals surface area (Å²) in [5.41, 5.74) is 1.80. The number of rotatable bonds is 3. The number of carbonyl (C=O) groups excluding carboxylic acids is 1. The molecule has 1 saturated heterocycles. The minimum Gasteiger partial charge on any atom is -0.504 e. The Balaban J connectivity index is 1.49. The Bertz CT molecular complexity index is 963. The fraction of sp³-hybridized carbons (Fsp3) is 0.333. The summed E-state index contributed by atoms with van der Waals surface area (Å²) in [7, 11) is 1.49. The molecule has 6 heteroatoms. The molecule has 0 saturated carbocycles. The number of amides is 1. The minimum atomic E-state index is -0.0493. The van der Waals surface area contributed by atoms with Crippen LogP contribution in [-0.4, -0.2) is 40.7 Å². The molecule has 1 aromatic heterocycles. The number of hydrogen-bond donors (Lipinski definition) is 1. The Labute approximate surface area is 157 Å². The number of phenols is 1. The molecule has 0 unspecified atom stereocenters. The molecule has 0 radical (unpaired) electrons. The monoisotopic (exact) mass is 366 g/mol. The van der Waals surface area contributed by atoms with Crippen molar-refractivity contribution < 1.29 is 14.6 Å². The number of hydrogen-bond acceptors (Lipinski definition) is 4. The lowest BCUT2D eigenvalue weighted by Crippen LogP contribution is -2.48. The topological polar surface area (TPSA) is 71.8 Å². The van der Waals surface area contributed by atoms with E-state index in [4.69, 9.17) is 4.74 Å². The van der Waals surface area contributed by atoms with Crippen LogP contribution in [0.4, 0.5) is 0 Å². The summed E-state index contributed by atoms with van der Waals surface area (Å²) in [6.07, 6.45) is 4.26. The van der Waals surface area contributed by atoms with Gasteiger partial charge in [0, 0.05) is 43.4 Å². The summed E-state index contributed by atoms with van der Waals surface area (Å²) < 4.78 is 6.88. The second-order valence-corrected chi connectivity index (χ2v) is 7.21. The number of methoxy groups -OCH3 is 1. The van der Waals surface area contributed by atoms with Crippen LogP contribution in [0.2, 0.25) is 0 Å². The largest absolute Gasteiger partial charge is 0.504 e. The Morgan fingerprint density at radius 1 is 1.22 bits per heavy atom. The molecule has 4 rings (SSSR count). The third-order valence-corrected chi connectivity index (χ3v) is 5.41. The molecule has 2 atom stereocenters. The summed E-state index contributed by atoms with van der Waals surface area (Å²) in [5.74, 6) is 0.900. The van der Waals surface area contributed by atoms with Gasteiger partial charge in [-0.15, -0.1) is 0 Å². The first-order valence-corrected chi connectivity index (χ1v) is 9.09. The number of fused-ring (bicyclic) bond motifs is 4. The van der Waals surface area contributed by atoms with Crippen molar-refractivity contribution >= 4 is 12.0 Å². The number of piperidine rings is 1. The highest BCUT2D eigenvalue weighted by atomic mass is 16.5. The van der Waals surface area contributed by atoms with Gasteiger partial charge in [-0.25, -0.2) is 0 Å². The molecular weight excluding hydrogens is 344 g/mol. The molecule has 140 valence electrons. The second-order valence-electron chi connectivity index (χ2n) is 7.21. The van der Waals surface area contributed by atoms with Crippen molar-refractivity contribution in [1.29, 1.82) is 0 Å². The minimum absolute atomic E-state index is 0.0428. The quantitative estimate of drug-likeness (QED) is 0.846. The van der Waals surface area contributed by atoms with E-state index in [1.165, 1.54) is 7.11 Å². The first kappa shape index (κ1) is 17.4. The number of ether oxygens (including phenoxy) is 1. The van der Waals surface area contributed by atoms with Crippen LogP contribution in [0.1, 0.15) is 23.6 Å². The van der Waals surface area contributed by atoms with E-state index in [0.717, 1.165) is 17.7 Å². The molecule has 0 aliphatic carbocycles. The van der Waals surface area contributed by atoms with E-state index >= 15 is 0 Å². The van der Waals surface area contributed by atoms with Crippen molar-refractivity contribution in [3.05, 3.63) is 64.1 Å². The lowest BCUT2D eigenvalue weighted by atomic mass is 9.83. The van der Waals surface area contributed by atoms with Crippen molar-refractivity contribution in [2.75, 3.05) is 20.2 Å². The van der Waals surface area contributed by atoms with Crippen molar-refractivity contribution in [1.82, 2.24) is 9.47 Å². The van der Waals surface area contributed by atoms with E-state index in [1.54, 1.807) is 42.5 Å². The van der Waals surface area contributed by atoms with E-state index in [0.29, 0.717) is 31.3 Å². The van der Waals surface area contributed by atoms with Crippen molar-refractivity contribution in [3.8, 4) is 11.5 Å². The molecule has 2 bridgehead atoms. The highest BCUT2D eigenvalue weighted by Crippen LogP contribution is 2.35. The molecule has 2 aliphatic rings. The first-order chi connectivity index (χ1) is 13.0. The molecule has 0 spiro atoms. The average molecular weight is 366 g/mol. The third-order valence-electron chi connectivity index (χ3n) is 5.41. The maximum atomic E-state index is 12.7. The molecule has 2 aromatic rings. The van der Waals surface area contributed by atoms with Gasteiger partial charge in [0.2, 0.25) is 5.91 Å². The van der Waals surface area contributed by atoms with Gasteiger partial charge in [-0.2, -0.15) is 0 Å². The maximum Gasteiger partial charge on any atom is 0.250 e. The van der Waals surface area contributed by atoms with Crippen LogP contribution in [0, 0.1) is 5.92 Å². The van der Waals surface area contributed by atoms with E-state index in [-0.39, 0.29) is 23.1 Å². The molecule has 2 aliphatic heterocycles. The molecular formula is C21H22N2O4. The Morgan fingerprint density at radius 2 is 2.07 bits per heavy atom. The number of nitrogens with zero attached hydrogens (tertiary/aromatic N) is 2. The van der Waals surface area contributed by atoms with Gasteiger partial charge in [0.15, 0.2) is 11.5 Å². The summed E-state index contributed by atoms with van der Waals surface area (Å²) in [5, 5.41) is 9.85. The van der Waals surface area contributed by atoms with E-state index < -0.39 is 0 Å². The predicted molar refractivity (Wildman–Crippen MR) is 102 cm³/mol. The zero-order chi connectivity index (χ0) is 19.0. The fourth-order valence-electron chi connectivity index (χ4n) is 4.16. The van der Waals surface area contributed by atoms with Gasteiger partial charge in [-0.05, 0) is 42.2 Å². The Hall–Kier alpha value is -3.02. The van der Waals surface area contributed by atoms with Crippen LogP contribution in [0.15, 0.2) is 47.3 Å². The molecule has 1 aromatic carbocycles. The van der Waals surface area contributed by atoms with Crippen LogP contribution in [0.5, 0.6) is 11.5 Å². The number of aromatic nitrogens is 1. The molecule has 3 heterocycles. The highest BCUT2D eigenvalue weighted by Gasteiger charge is 2.35. The number of phenolic OH excluding ortho intramolecular Hbond substituents is 1. The number of pyridine rings is 1. The van der Waals surface area contributed by atoms with Gasteiger partial charge in [0.05, 0.1) is 7.11 Å². The zero-order valence-corrected chi connectivity index (χ0v) is 15.2. The van der Waals surface area contributed by atoms with Crippen LogP contribution in [0.3, 0.4) is 0 Å². The van der Waals surface area contributed by atoms with Gasteiger partial charge in [0.25, 0.3) is 5.56 Å². The molecule has 27 heavy (non-hydrogen) atoms. The number of likely N-dealkylation sites (tertiary alicyclic amines) is 1. The predicted octanol–water partition coefficient (Wildman–Crippen LogP) is 2.22. The number of carbonyl (C=O) groups is 1. The standard InChI is InChI=1S/C21H22N2O4/c1-27-19-7-5-14(10-18(19)24)6-8-20(25)22-11-15-9-16(13-22)17-3-2-4-21(26)23(17)12-15/h2-8,10,15-16,24H,9,11-13H2,1H3/t15-,16-/m0/s1. The lowest BCUT2D eigenvalue weighted by Gasteiger charge is -2.42. The number of benzene rings is 1. The van der Waals surface area contributed by atoms with E-state index in [2.05, 4.69) is 0 Å². The van der Waals surface area contributed by atoms with Crippen LogP contribution in [0.25, 0.3) is 6.08 Å². The fourth-order valence-corrected chi connectivity index (χ4v) is 4.16. The molecule has 1 amide bonds. The summed E-state index contributed by atoms with van der Waals surface area (Å²) in [6.45, 7) is 1.96. The van der Waals surface area contributed by atoms with Gasteiger partial charge in [-0.3, -0.25) is 9.59 Å². The normalized spacial score (nSPS) is 21.1. The third kappa shape index (κ3) is 3.35. The van der Waals surface area contributed by atoms with Gasteiger partial charge in [0.1, 0.15) is 0 Å². The summed E-state index contributed by atoms with van der Waals surface area (Å²) in [4.78, 5) is 26.6. The Kier molecular flexibility index (Phi) is 4.48. The second kappa shape index (κ2) is 6.95. The Morgan fingerprint density at radius 3 is 2.85 bits per heavy atom. The number of aromatic hydroxyl groups is 1. The van der Waals surface area contributed by atoms with Crippen molar-refractivity contribution in [2.24, 2.45) is 5.92 Å². The van der Waals surface area contributed by atoms with Crippen LogP contribution < -0.4 is 10.3 Å². The van der Waals surface area contributed by atoms with Crippen LogP contribution in [-0.2, 0) is 11.3 Å². The lowest BCUT2D eigenvalue weighted by molar-refractivity contribution is -0.128. The van der Waals surface area contributed by atoms with Gasteiger partial charge >= 0.3 is 0 Å². The molecule has 6 nitrogen and oxygen atoms in total. The van der Waals surface area contributed by atoms with Gasteiger partial charge < -0.3 is 19.3 Å². The zero-order valence-electron chi connectivity index (χ0n) is 15.2. The highest BCUT2D eigenvalue weighted by molar-refractivity contribution is 5.92. The van der Waals surface area contributed by atoms with Crippen molar-refractivity contribution in [2.45, 2.75) is 18.9 Å². The van der Waals surface area contributed by atoms with Gasteiger partial charge in [-0.1, -0.05) is 12.1 Å². The molecule has 1 N–H and O–H groups in total. The van der Waals surface area contributed by atoms with Crippen molar-refractivity contribution in [3.63, 3.8) is 0 Å². The SMILES string of the molecule is COc1ccc(C=CC(=O)N2C[C@@H]3C[C@@H](C2)c2cccc(=O)n2C3)cc1O. The first-order valence-electron chi connectivity index (χ1n) is 9.09.